The van der Waals surface area contributed by atoms with E-state index in [2.05, 4.69) is 40.3 Å². The van der Waals surface area contributed by atoms with Crippen molar-refractivity contribution >= 4 is 34.8 Å². The second kappa shape index (κ2) is 9.06. The van der Waals surface area contributed by atoms with Crippen molar-refractivity contribution in [3.05, 3.63) is 64.9 Å². The van der Waals surface area contributed by atoms with Crippen LogP contribution in [0.4, 0.5) is 17.2 Å². The van der Waals surface area contributed by atoms with Gasteiger partial charge in [-0.1, -0.05) is 18.2 Å². The average Bonchev–Trinajstić information content (AvgIpc) is 3.32. The van der Waals surface area contributed by atoms with Gasteiger partial charge in [0.1, 0.15) is 5.82 Å². The minimum Gasteiger partial charge on any atom is -0.398 e. The number of hydrogen-bond acceptors (Lipinski definition) is 7. The van der Waals surface area contributed by atoms with Crippen molar-refractivity contribution in [3.63, 3.8) is 0 Å². The third-order valence-electron chi connectivity index (χ3n) is 7.20. The van der Waals surface area contributed by atoms with Gasteiger partial charge in [0.15, 0.2) is 0 Å². The SMILES string of the molecule is CN=Cc1c(N)cccc1/C(N)=C1\CCC=C(C)C1=Nc1ccc(N2CC3(CCNC3)C2)nc1. The molecular weight excluding hydrogens is 422 g/mol. The minimum absolute atomic E-state index is 0.448. The summed E-state index contributed by atoms with van der Waals surface area (Å²) in [5.74, 6) is 1.02. The lowest BCUT2D eigenvalue weighted by Gasteiger charge is -2.48. The number of nitrogens with two attached hydrogens (primary N) is 2. The van der Waals surface area contributed by atoms with E-state index in [-0.39, 0.29) is 0 Å². The summed E-state index contributed by atoms with van der Waals surface area (Å²) >= 11 is 0. The molecule has 2 saturated heterocycles. The number of aromatic nitrogens is 1. The van der Waals surface area contributed by atoms with Crippen molar-refractivity contribution in [3.8, 4) is 0 Å². The number of rotatable bonds is 4. The van der Waals surface area contributed by atoms with E-state index in [1.54, 1.807) is 13.3 Å². The van der Waals surface area contributed by atoms with Crippen LogP contribution < -0.4 is 21.7 Å². The summed E-state index contributed by atoms with van der Waals surface area (Å²) < 4.78 is 0. The van der Waals surface area contributed by atoms with Crippen LogP contribution in [0.25, 0.3) is 5.70 Å². The second-order valence-electron chi connectivity index (χ2n) is 9.63. The summed E-state index contributed by atoms with van der Waals surface area (Å²) in [4.78, 5) is 16.2. The van der Waals surface area contributed by atoms with Crippen molar-refractivity contribution in [2.45, 2.75) is 26.2 Å². The quantitative estimate of drug-likeness (QED) is 0.482. The van der Waals surface area contributed by atoms with E-state index in [0.717, 1.165) is 78.5 Å². The van der Waals surface area contributed by atoms with Gasteiger partial charge in [0.05, 0.1) is 17.6 Å². The number of benzene rings is 1. The highest BCUT2D eigenvalue weighted by molar-refractivity contribution is 6.18. The molecule has 0 amide bonds. The van der Waals surface area contributed by atoms with Crippen molar-refractivity contribution in [1.29, 1.82) is 0 Å². The Balaban J connectivity index is 1.45. The standard InChI is InChI=1S/C27H33N7/c1-18-5-3-7-21(25(29)20-6-4-8-23(28)22(20)14-30-2)26(18)33-19-9-10-24(32-13-19)34-16-27(17-34)11-12-31-15-27/h4-6,8-10,13-14,31H,3,7,11-12,15-17,28-29H2,1-2H3/b25-21-,30-14?,33-26?. The first kappa shape index (κ1) is 22.3. The van der Waals surface area contributed by atoms with Gasteiger partial charge in [0.2, 0.25) is 0 Å². The van der Waals surface area contributed by atoms with Gasteiger partial charge in [-0.25, -0.2) is 9.98 Å². The average molecular weight is 456 g/mol. The van der Waals surface area contributed by atoms with Crippen LogP contribution in [0.5, 0.6) is 0 Å². The van der Waals surface area contributed by atoms with Gasteiger partial charge >= 0.3 is 0 Å². The Morgan fingerprint density at radius 2 is 2.09 bits per heavy atom. The normalized spacial score (nSPS) is 22.4. The van der Waals surface area contributed by atoms with Gasteiger partial charge < -0.3 is 21.7 Å². The van der Waals surface area contributed by atoms with Crippen LogP contribution in [0.15, 0.2) is 63.7 Å². The smallest absolute Gasteiger partial charge is 0.128 e. The largest absolute Gasteiger partial charge is 0.398 e. The van der Waals surface area contributed by atoms with Crippen LogP contribution >= 0.6 is 0 Å². The number of hydrogen-bond donors (Lipinski definition) is 3. The summed E-state index contributed by atoms with van der Waals surface area (Å²) in [6.07, 6.45) is 8.88. The molecule has 1 aromatic carbocycles. The fourth-order valence-corrected chi connectivity index (χ4v) is 5.31. The highest BCUT2D eigenvalue weighted by Gasteiger charge is 2.45. The van der Waals surface area contributed by atoms with Gasteiger partial charge in [-0.3, -0.25) is 4.99 Å². The number of allylic oxidation sites excluding steroid dienone is 3. The lowest BCUT2D eigenvalue weighted by molar-refractivity contribution is 0.242. The van der Waals surface area contributed by atoms with Gasteiger partial charge in [-0.05, 0) is 56.5 Å². The van der Waals surface area contributed by atoms with Crippen molar-refractivity contribution in [2.75, 3.05) is 43.9 Å². The second-order valence-corrected chi connectivity index (χ2v) is 9.63. The molecule has 0 radical (unpaired) electrons. The zero-order chi connectivity index (χ0) is 23.7. The molecule has 0 saturated carbocycles. The number of anilines is 2. The first-order valence-electron chi connectivity index (χ1n) is 12.0. The van der Waals surface area contributed by atoms with E-state index in [1.807, 2.05) is 24.4 Å². The molecule has 5 N–H and O–H groups in total. The van der Waals surface area contributed by atoms with Crippen LogP contribution in [0, 0.1) is 5.41 Å². The van der Waals surface area contributed by atoms with E-state index in [1.165, 1.54) is 6.42 Å². The molecule has 7 heteroatoms. The first-order valence-corrected chi connectivity index (χ1v) is 12.0. The zero-order valence-corrected chi connectivity index (χ0v) is 20.0. The molecule has 1 aliphatic carbocycles. The van der Waals surface area contributed by atoms with Crippen LogP contribution in [-0.2, 0) is 0 Å². The van der Waals surface area contributed by atoms with Crippen molar-refractivity contribution < 1.29 is 0 Å². The first-order chi connectivity index (χ1) is 16.5. The molecule has 5 rings (SSSR count). The molecule has 0 bridgehead atoms. The van der Waals surface area contributed by atoms with Gasteiger partial charge in [-0.2, -0.15) is 0 Å². The minimum atomic E-state index is 0.448. The molecule has 1 spiro atoms. The van der Waals surface area contributed by atoms with Crippen LogP contribution in [0.1, 0.15) is 37.3 Å². The third-order valence-corrected chi connectivity index (χ3v) is 7.20. The lowest BCUT2D eigenvalue weighted by Crippen LogP contribution is -2.57. The fourth-order valence-electron chi connectivity index (χ4n) is 5.31. The molecule has 3 aliphatic rings. The summed E-state index contributed by atoms with van der Waals surface area (Å²) in [5, 5.41) is 3.49. The number of nitrogens with zero attached hydrogens (tertiary/aromatic N) is 4. The Labute approximate surface area is 201 Å². The van der Waals surface area contributed by atoms with E-state index in [4.69, 9.17) is 21.4 Å². The molecule has 176 valence electrons. The molecule has 2 aromatic rings. The Hall–Kier alpha value is -3.45. The lowest BCUT2D eigenvalue weighted by atomic mass is 9.79. The number of pyridine rings is 1. The van der Waals surface area contributed by atoms with Crippen LogP contribution in [-0.4, -0.2) is 50.1 Å². The Morgan fingerprint density at radius 1 is 1.24 bits per heavy atom. The van der Waals surface area contributed by atoms with E-state index in [9.17, 15) is 0 Å². The summed E-state index contributed by atoms with van der Waals surface area (Å²) in [6.45, 7) is 6.50. The predicted octanol–water partition coefficient (Wildman–Crippen LogP) is 3.69. The van der Waals surface area contributed by atoms with Crippen molar-refractivity contribution in [1.82, 2.24) is 10.3 Å². The van der Waals surface area contributed by atoms with Crippen LogP contribution in [0.2, 0.25) is 0 Å². The van der Waals surface area contributed by atoms with Gasteiger partial charge in [0, 0.05) is 66.4 Å². The maximum absolute atomic E-state index is 6.75. The molecule has 0 atom stereocenters. The molecular formula is C27H33N7. The Bertz CT molecular complexity index is 1190. The number of aliphatic imine (C=N–C) groups is 2. The molecule has 3 heterocycles. The zero-order valence-electron chi connectivity index (χ0n) is 20.0. The Kier molecular flexibility index (Phi) is 5.96. The highest BCUT2D eigenvalue weighted by Crippen LogP contribution is 2.38. The van der Waals surface area contributed by atoms with Gasteiger partial charge in [-0.15, -0.1) is 0 Å². The molecule has 34 heavy (non-hydrogen) atoms. The van der Waals surface area contributed by atoms with E-state index >= 15 is 0 Å². The van der Waals surface area contributed by atoms with Gasteiger partial charge in [0.25, 0.3) is 0 Å². The maximum Gasteiger partial charge on any atom is 0.128 e. The summed E-state index contributed by atoms with van der Waals surface area (Å²) in [6, 6.07) is 9.93. The predicted molar refractivity (Wildman–Crippen MR) is 142 cm³/mol. The van der Waals surface area contributed by atoms with Crippen LogP contribution in [0.3, 0.4) is 0 Å². The number of nitrogen functional groups attached to an aromatic ring is 1. The molecule has 7 nitrogen and oxygen atoms in total. The summed E-state index contributed by atoms with van der Waals surface area (Å²) in [7, 11) is 1.74. The topological polar surface area (TPSA) is 105 Å². The number of nitrogens with one attached hydrogen (secondary N) is 1. The molecule has 2 aliphatic heterocycles. The third kappa shape index (κ3) is 4.12. The van der Waals surface area contributed by atoms with E-state index < -0.39 is 0 Å². The molecule has 2 fully saturated rings. The molecule has 0 unspecified atom stereocenters. The monoisotopic (exact) mass is 455 g/mol. The van der Waals surface area contributed by atoms with E-state index in [0.29, 0.717) is 16.8 Å². The van der Waals surface area contributed by atoms with Crippen molar-refractivity contribution in [2.24, 2.45) is 21.1 Å². The molecule has 1 aromatic heterocycles. The maximum atomic E-state index is 6.75. The highest BCUT2D eigenvalue weighted by atomic mass is 15.3. The summed E-state index contributed by atoms with van der Waals surface area (Å²) in [5.41, 5.74) is 20.4. The Morgan fingerprint density at radius 3 is 2.79 bits per heavy atom. The fraction of sp³-hybridized carbons (Fsp3) is 0.370.